The van der Waals surface area contributed by atoms with Crippen molar-refractivity contribution in [3.8, 4) is 0 Å². The van der Waals surface area contributed by atoms with Crippen molar-refractivity contribution in [3.63, 3.8) is 0 Å². The standard InChI is InChI=1S/C12H22O5/c1-8(14)10(15)11-9(7-13)16-12(17-11)5-3-2-4-6-12/h8-11,13-15H,2-7H2,1H3/t8-,9-,10-,11-/m0/s1. The predicted molar refractivity (Wildman–Crippen MR) is 60.3 cm³/mol. The zero-order chi connectivity index (χ0) is 12.5. The molecule has 1 heterocycles. The molecule has 1 saturated carbocycles. The molecule has 0 radical (unpaired) electrons. The van der Waals surface area contributed by atoms with Gasteiger partial charge in [-0.25, -0.2) is 0 Å². The average Bonchev–Trinajstić information content (AvgIpc) is 2.67. The minimum Gasteiger partial charge on any atom is -0.394 e. The second-order valence-corrected chi connectivity index (χ2v) is 5.12. The summed E-state index contributed by atoms with van der Waals surface area (Å²) >= 11 is 0. The van der Waals surface area contributed by atoms with Gasteiger partial charge in [-0.3, -0.25) is 0 Å². The first kappa shape index (κ1) is 13.2. The highest BCUT2D eigenvalue weighted by Gasteiger charge is 2.50. The smallest absolute Gasteiger partial charge is 0.169 e. The molecule has 4 atom stereocenters. The monoisotopic (exact) mass is 246 g/mol. The fourth-order valence-electron chi connectivity index (χ4n) is 2.73. The number of aliphatic hydroxyl groups excluding tert-OH is 3. The van der Waals surface area contributed by atoms with Gasteiger partial charge in [-0.15, -0.1) is 0 Å². The van der Waals surface area contributed by atoms with Crippen LogP contribution in [0.5, 0.6) is 0 Å². The van der Waals surface area contributed by atoms with Gasteiger partial charge in [-0.05, 0) is 19.8 Å². The summed E-state index contributed by atoms with van der Waals surface area (Å²) in [5, 5.41) is 28.6. The van der Waals surface area contributed by atoms with Gasteiger partial charge < -0.3 is 24.8 Å². The Bertz CT molecular complexity index is 249. The molecule has 100 valence electrons. The van der Waals surface area contributed by atoms with Crippen LogP contribution in [0.15, 0.2) is 0 Å². The third kappa shape index (κ3) is 2.63. The van der Waals surface area contributed by atoms with Gasteiger partial charge in [0.2, 0.25) is 0 Å². The number of ether oxygens (including phenoxy) is 2. The van der Waals surface area contributed by atoms with Crippen LogP contribution in [-0.4, -0.2) is 52.1 Å². The Labute approximate surface area is 101 Å². The minimum atomic E-state index is -1.02. The van der Waals surface area contributed by atoms with E-state index in [1.165, 1.54) is 13.3 Å². The lowest BCUT2D eigenvalue weighted by Crippen LogP contribution is -2.43. The summed E-state index contributed by atoms with van der Waals surface area (Å²) in [7, 11) is 0. The van der Waals surface area contributed by atoms with Crippen LogP contribution in [0.3, 0.4) is 0 Å². The van der Waals surface area contributed by atoms with E-state index in [1.807, 2.05) is 0 Å². The summed E-state index contributed by atoms with van der Waals surface area (Å²) in [6.07, 6.45) is 1.74. The van der Waals surface area contributed by atoms with E-state index in [1.54, 1.807) is 0 Å². The van der Waals surface area contributed by atoms with Crippen LogP contribution in [0.1, 0.15) is 39.0 Å². The van der Waals surface area contributed by atoms with Crippen LogP contribution in [0.2, 0.25) is 0 Å². The predicted octanol–water partition coefficient (Wildman–Crippen LogP) is 0.165. The maximum atomic E-state index is 9.88. The molecule has 1 aliphatic heterocycles. The van der Waals surface area contributed by atoms with Gasteiger partial charge in [0.15, 0.2) is 5.79 Å². The Morgan fingerprint density at radius 3 is 2.35 bits per heavy atom. The molecular formula is C12H22O5. The van der Waals surface area contributed by atoms with Crippen LogP contribution < -0.4 is 0 Å². The highest BCUT2D eigenvalue weighted by atomic mass is 16.8. The molecule has 2 aliphatic rings. The van der Waals surface area contributed by atoms with Gasteiger partial charge in [0, 0.05) is 12.8 Å². The lowest BCUT2D eigenvalue weighted by molar-refractivity contribution is -0.204. The van der Waals surface area contributed by atoms with Crippen molar-refractivity contribution in [1.82, 2.24) is 0 Å². The van der Waals surface area contributed by atoms with E-state index < -0.39 is 30.2 Å². The zero-order valence-electron chi connectivity index (χ0n) is 10.2. The molecule has 0 aromatic carbocycles. The quantitative estimate of drug-likeness (QED) is 0.661. The Morgan fingerprint density at radius 2 is 1.82 bits per heavy atom. The lowest BCUT2D eigenvalue weighted by Gasteiger charge is -2.32. The Hall–Kier alpha value is -0.200. The molecule has 2 fully saturated rings. The summed E-state index contributed by atoms with van der Waals surface area (Å²) < 4.78 is 11.6. The molecule has 1 spiro atoms. The first-order valence-electron chi connectivity index (χ1n) is 6.40. The van der Waals surface area contributed by atoms with Gasteiger partial charge in [0.1, 0.15) is 18.3 Å². The van der Waals surface area contributed by atoms with Crippen LogP contribution in [0.25, 0.3) is 0 Å². The molecule has 5 nitrogen and oxygen atoms in total. The lowest BCUT2D eigenvalue weighted by atomic mass is 9.94. The van der Waals surface area contributed by atoms with E-state index in [0.717, 1.165) is 25.7 Å². The SMILES string of the molecule is C[C@H](O)[C@H](O)[C@H]1OC2(CCCCC2)O[C@H]1CO. The molecule has 0 unspecified atom stereocenters. The molecule has 1 saturated heterocycles. The van der Waals surface area contributed by atoms with Crippen molar-refractivity contribution in [2.24, 2.45) is 0 Å². The highest BCUT2D eigenvalue weighted by Crippen LogP contribution is 2.41. The molecule has 5 heteroatoms. The first-order valence-corrected chi connectivity index (χ1v) is 6.40. The van der Waals surface area contributed by atoms with Gasteiger partial charge in [-0.2, -0.15) is 0 Å². The molecular weight excluding hydrogens is 224 g/mol. The Balaban J connectivity index is 2.07. The third-order valence-electron chi connectivity index (χ3n) is 3.71. The molecule has 1 aliphatic carbocycles. The molecule has 0 bridgehead atoms. The minimum absolute atomic E-state index is 0.198. The number of aliphatic hydroxyl groups is 3. The number of hydrogen-bond donors (Lipinski definition) is 3. The summed E-state index contributed by atoms with van der Waals surface area (Å²) in [6, 6.07) is 0. The molecule has 3 N–H and O–H groups in total. The number of hydrogen-bond acceptors (Lipinski definition) is 5. The van der Waals surface area contributed by atoms with Gasteiger partial charge >= 0.3 is 0 Å². The van der Waals surface area contributed by atoms with Gasteiger partial charge in [0.05, 0.1) is 12.7 Å². The molecule has 17 heavy (non-hydrogen) atoms. The van der Waals surface area contributed by atoms with Crippen LogP contribution in [-0.2, 0) is 9.47 Å². The third-order valence-corrected chi connectivity index (χ3v) is 3.71. The Morgan fingerprint density at radius 1 is 1.18 bits per heavy atom. The second kappa shape index (κ2) is 5.20. The maximum Gasteiger partial charge on any atom is 0.169 e. The average molecular weight is 246 g/mol. The van der Waals surface area contributed by atoms with E-state index in [4.69, 9.17) is 9.47 Å². The van der Waals surface area contributed by atoms with Crippen LogP contribution >= 0.6 is 0 Å². The molecule has 0 amide bonds. The van der Waals surface area contributed by atoms with E-state index in [0.29, 0.717) is 0 Å². The zero-order valence-corrected chi connectivity index (χ0v) is 10.2. The summed E-state index contributed by atoms with van der Waals surface area (Å²) in [6.45, 7) is 1.31. The summed E-state index contributed by atoms with van der Waals surface area (Å²) in [5.41, 5.74) is 0. The van der Waals surface area contributed by atoms with Crippen molar-refractivity contribution >= 4 is 0 Å². The van der Waals surface area contributed by atoms with Crippen LogP contribution in [0.4, 0.5) is 0 Å². The maximum absolute atomic E-state index is 9.88. The van der Waals surface area contributed by atoms with Crippen molar-refractivity contribution in [2.45, 2.75) is 69.2 Å². The molecule has 0 aromatic rings. The molecule has 0 aromatic heterocycles. The van der Waals surface area contributed by atoms with E-state index in [9.17, 15) is 15.3 Å². The second-order valence-electron chi connectivity index (χ2n) is 5.12. The van der Waals surface area contributed by atoms with Crippen molar-refractivity contribution < 1.29 is 24.8 Å². The van der Waals surface area contributed by atoms with Crippen molar-refractivity contribution in [2.75, 3.05) is 6.61 Å². The fraction of sp³-hybridized carbons (Fsp3) is 1.00. The highest BCUT2D eigenvalue weighted by molar-refractivity contribution is 4.92. The molecule has 2 rings (SSSR count). The van der Waals surface area contributed by atoms with Crippen molar-refractivity contribution in [3.05, 3.63) is 0 Å². The van der Waals surface area contributed by atoms with E-state index in [-0.39, 0.29) is 6.61 Å². The number of rotatable bonds is 3. The van der Waals surface area contributed by atoms with Crippen LogP contribution in [0, 0.1) is 0 Å². The topological polar surface area (TPSA) is 79.2 Å². The van der Waals surface area contributed by atoms with Gasteiger partial charge in [-0.1, -0.05) is 6.42 Å². The van der Waals surface area contributed by atoms with Crippen molar-refractivity contribution in [1.29, 1.82) is 0 Å². The summed E-state index contributed by atoms with van der Waals surface area (Å²) in [5.74, 6) is -0.647. The normalized spacial score (nSPS) is 36.0. The summed E-state index contributed by atoms with van der Waals surface area (Å²) in [4.78, 5) is 0. The van der Waals surface area contributed by atoms with E-state index in [2.05, 4.69) is 0 Å². The fourth-order valence-corrected chi connectivity index (χ4v) is 2.73. The Kier molecular flexibility index (Phi) is 4.05. The van der Waals surface area contributed by atoms with E-state index >= 15 is 0 Å². The first-order chi connectivity index (χ1) is 8.08. The largest absolute Gasteiger partial charge is 0.394 e. The van der Waals surface area contributed by atoms with Gasteiger partial charge in [0.25, 0.3) is 0 Å².